The predicted octanol–water partition coefficient (Wildman–Crippen LogP) is 2.64. The fourth-order valence-electron chi connectivity index (χ4n) is 2.17. The largest absolute Gasteiger partial charge is 0.494 e. The number of benzene rings is 1. The van der Waals surface area contributed by atoms with Crippen molar-refractivity contribution in [3.05, 3.63) is 34.2 Å². The van der Waals surface area contributed by atoms with Gasteiger partial charge in [0.1, 0.15) is 5.02 Å². The Morgan fingerprint density at radius 3 is 3.06 bits per heavy atom. The summed E-state index contributed by atoms with van der Waals surface area (Å²) in [6.45, 7) is 1.54. The summed E-state index contributed by atoms with van der Waals surface area (Å²) in [7, 11) is 1.43. The highest BCUT2D eigenvalue weighted by Crippen LogP contribution is 2.35. The Hall–Kier alpha value is -1.39. The van der Waals surface area contributed by atoms with Crippen LogP contribution in [-0.2, 0) is 13.1 Å². The number of rotatable bonds is 1. The van der Waals surface area contributed by atoms with Crippen molar-refractivity contribution < 1.29 is 9.13 Å². The van der Waals surface area contributed by atoms with E-state index in [0.29, 0.717) is 5.52 Å². The van der Waals surface area contributed by atoms with Gasteiger partial charge in [-0.1, -0.05) is 11.6 Å². The molecule has 88 valence electrons. The average molecular weight is 253 g/mol. The molecule has 0 bridgehead atoms. The molecule has 3 rings (SSSR count). The molecule has 2 aromatic rings. The minimum atomic E-state index is -0.555. The molecule has 17 heavy (non-hydrogen) atoms. The van der Waals surface area contributed by atoms with Crippen LogP contribution < -0.4 is 10.1 Å². The SMILES string of the molecule is COc1cc2c3c(cnc2c(Cl)c1F)CNC3. The van der Waals surface area contributed by atoms with E-state index in [9.17, 15) is 4.39 Å². The van der Waals surface area contributed by atoms with Gasteiger partial charge in [-0.2, -0.15) is 0 Å². The van der Waals surface area contributed by atoms with Gasteiger partial charge in [-0.25, -0.2) is 4.39 Å². The van der Waals surface area contributed by atoms with Crippen molar-refractivity contribution >= 4 is 22.5 Å². The molecule has 0 saturated carbocycles. The zero-order chi connectivity index (χ0) is 12.0. The fraction of sp³-hybridized carbons (Fsp3) is 0.250. The Kier molecular flexibility index (Phi) is 2.42. The Labute approximate surface area is 103 Å². The van der Waals surface area contributed by atoms with E-state index in [-0.39, 0.29) is 10.8 Å². The van der Waals surface area contributed by atoms with Gasteiger partial charge in [0.2, 0.25) is 0 Å². The summed E-state index contributed by atoms with van der Waals surface area (Å²) < 4.78 is 18.8. The lowest BCUT2D eigenvalue weighted by atomic mass is 10.1. The van der Waals surface area contributed by atoms with Crippen LogP contribution in [0.1, 0.15) is 11.1 Å². The van der Waals surface area contributed by atoms with Crippen LogP contribution in [0.5, 0.6) is 5.75 Å². The number of pyridine rings is 1. The number of nitrogens with zero attached hydrogens (tertiary/aromatic N) is 1. The van der Waals surface area contributed by atoms with Crippen molar-refractivity contribution in [3.63, 3.8) is 0 Å². The van der Waals surface area contributed by atoms with Gasteiger partial charge in [0, 0.05) is 24.7 Å². The van der Waals surface area contributed by atoms with Crippen molar-refractivity contribution in [3.8, 4) is 5.75 Å². The molecule has 0 spiro atoms. The van der Waals surface area contributed by atoms with Gasteiger partial charge < -0.3 is 10.1 Å². The summed E-state index contributed by atoms with van der Waals surface area (Å²) in [5, 5.41) is 4.11. The monoisotopic (exact) mass is 252 g/mol. The van der Waals surface area contributed by atoms with Crippen LogP contribution in [0.25, 0.3) is 10.9 Å². The molecule has 5 heteroatoms. The van der Waals surface area contributed by atoms with Crippen molar-refractivity contribution in [1.29, 1.82) is 0 Å². The molecule has 0 aliphatic carbocycles. The van der Waals surface area contributed by atoms with Crippen LogP contribution in [0.2, 0.25) is 5.02 Å². The van der Waals surface area contributed by atoms with E-state index in [4.69, 9.17) is 16.3 Å². The minimum Gasteiger partial charge on any atom is -0.494 e. The normalized spacial score (nSPS) is 14.1. The van der Waals surface area contributed by atoms with Crippen LogP contribution in [0.3, 0.4) is 0 Å². The molecule has 0 atom stereocenters. The summed E-state index contributed by atoms with van der Waals surface area (Å²) in [4.78, 5) is 4.22. The molecule has 1 aliphatic heterocycles. The smallest absolute Gasteiger partial charge is 0.185 e. The van der Waals surface area contributed by atoms with Crippen molar-refractivity contribution in [2.75, 3.05) is 7.11 Å². The molecule has 3 nitrogen and oxygen atoms in total. The maximum absolute atomic E-state index is 13.8. The third-order valence-electron chi connectivity index (χ3n) is 3.05. The third-order valence-corrected chi connectivity index (χ3v) is 3.39. The fourth-order valence-corrected chi connectivity index (χ4v) is 2.42. The molecule has 1 aromatic carbocycles. The number of hydrogen-bond donors (Lipinski definition) is 1. The summed E-state index contributed by atoms with van der Waals surface area (Å²) in [6.07, 6.45) is 1.75. The second-order valence-corrected chi connectivity index (χ2v) is 4.35. The Morgan fingerprint density at radius 1 is 1.47 bits per heavy atom. The molecule has 2 heterocycles. The first-order chi connectivity index (χ1) is 8.22. The van der Waals surface area contributed by atoms with Gasteiger partial charge in [0.15, 0.2) is 11.6 Å². The number of halogens is 2. The molecule has 1 aliphatic rings. The molecule has 0 unspecified atom stereocenters. The maximum Gasteiger partial charge on any atom is 0.185 e. The Balaban J connectivity index is 2.41. The van der Waals surface area contributed by atoms with Crippen LogP contribution in [0.15, 0.2) is 12.3 Å². The van der Waals surface area contributed by atoms with Crippen LogP contribution in [0, 0.1) is 5.82 Å². The number of nitrogens with one attached hydrogen (secondary N) is 1. The summed E-state index contributed by atoms with van der Waals surface area (Å²) in [5.41, 5.74) is 2.74. The van der Waals surface area contributed by atoms with Crippen molar-refractivity contribution in [2.24, 2.45) is 0 Å². The highest BCUT2D eigenvalue weighted by molar-refractivity contribution is 6.35. The predicted molar refractivity (Wildman–Crippen MR) is 63.8 cm³/mol. The molecular formula is C12H10ClFN2O. The minimum absolute atomic E-state index is 0.0223. The highest BCUT2D eigenvalue weighted by atomic mass is 35.5. The Bertz CT molecular complexity index is 615. The second-order valence-electron chi connectivity index (χ2n) is 3.97. The summed E-state index contributed by atoms with van der Waals surface area (Å²) in [6, 6.07) is 1.66. The summed E-state index contributed by atoms with van der Waals surface area (Å²) >= 11 is 5.97. The molecule has 1 aromatic heterocycles. The maximum atomic E-state index is 13.8. The van der Waals surface area contributed by atoms with E-state index in [1.54, 1.807) is 12.3 Å². The van der Waals surface area contributed by atoms with E-state index in [2.05, 4.69) is 10.3 Å². The zero-order valence-electron chi connectivity index (χ0n) is 9.18. The lowest BCUT2D eigenvalue weighted by Gasteiger charge is -2.09. The van der Waals surface area contributed by atoms with Gasteiger partial charge in [0.05, 0.1) is 12.6 Å². The van der Waals surface area contributed by atoms with Gasteiger partial charge >= 0.3 is 0 Å². The van der Waals surface area contributed by atoms with Crippen LogP contribution in [0.4, 0.5) is 4.39 Å². The number of fused-ring (bicyclic) bond motifs is 3. The number of hydrogen-bond acceptors (Lipinski definition) is 3. The topological polar surface area (TPSA) is 34.1 Å². The van der Waals surface area contributed by atoms with Gasteiger partial charge in [-0.15, -0.1) is 0 Å². The number of methoxy groups -OCH3 is 1. The van der Waals surface area contributed by atoms with E-state index in [1.165, 1.54) is 7.11 Å². The van der Waals surface area contributed by atoms with Crippen LogP contribution in [-0.4, -0.2) is 12.1 Å². The number of aromatic nitrogens is 1. The average Bonchev–Trinajstić information content (AvgIpc) is 2.81. The second kappa shape index (κ2) is 3.82. The van der Waals surface area contributed by atoms with E-state index in [1.807, 2.05) is 0 Å². The van der Waals surface area contributed by atoms with E-state index in [0.717, 1.165) is 29.6 Å². The first kappa shape index (κ1) is 10.7. The molecule has 0 fully saturated rings. The summed E-state index contributed by atoms with van der Waals surface area (Å²) in [5.74, 6) is -0.398. The third kappa shape index (κ3) is 1.48. The molecule has 0 radical (unpaired) electrons. The van der Waals surface area contributed by atoms with Gasteiger partial charge in [0.25, 0.3) is 0 Å². The highest BCUT2D eigenvalue weighted by Gasteiger charge is 2.19. The Morgan fingerprint density at radius 2 is 2.29 bits per heavy atom. The quantitative estimate of drug-likeness (QED) is 0.847. The molecule has 1 N–H and O–H groups in total. The van der Waals surface area contributed by atoms with Gasteiger partial charge in [-0.05, 0) is 17.2 Å². The molecule has 0 amide bonds. The van der Waals surface area contributed by atoms with Gasteiger partial charge in [-0.3, -0.25) is 4.98 Å². The molecule has 0 saturated heterocycles. The van der Waals surface area contributed by atoms with Crippen molar-refractivity contribution in [1.82, 2.24) is 10.3 Å². The first-order valence-corrected chi connectivity index (χ1v) is 5.63. The van der Waals surface area contributed by atoms with Crippen LogP contribution >= 0.6 is 11.6 Å². The number of ether oxygens (including phenoxy) is 1. The van der Waals surface area contributed by atoms with Crippen molar-refractivity contribution in [2.45, 2.75) is 13.1 Å². The molecular weight excluding hydrogens is 243 g/mol. The lowest BCUT2D eigenvalue weighted by Crippen LogP contribution is -2.00. The zero-order valence-corrected chi connectivity index (χ0v) is 9.94. The lowest BCUT2D eigenvalue weighted by molar-refractivity contribution is 0.387. The van der Waals surface area contributed by atoms with E-state index >= 15 is 0 Å². The van der Waals surface area contributed by atoms with E-state index < -0.39 is 5.82 Å². The standard InChI is InChI=1S/C12H10ClFN2O/c1-17-9-2-7-8-5-15-3-6(8)4-16-12(7)10(13)11(9)14/h2,4,15H,3,5H2,1H3. The first-order valence-electron chi connectivity index (χ1n) is 5.25.